The van der Waals surface area contributed by atoms with Gasteiger partial charge in [0.05, 0.1) is 11.4 Å². The van der Waals surface area contributed by atoms with E-state index in [1.165, 1.54) is 4.90 Å². The first kappa shape index (κ1) is 15.8. The Kier molecular flexibility index (Phi) is 4.55. The van der Waals surface area contributed by atoms with Crippen molar-refractivity contribution in [1.29, 1.82) is 0 Å². The van der Waals surface area contributed by atoms with Crippen LogP contribution in [0.3, 0.4) is 0 Å². The third-order valence-corrected chi connectivity index (χ3v) is 4.74. The summed E-state index contributed by atoms with van der Waals surface area (Å²) in [6, 6.07) is 15.0. The predicted octanol–water partition coefficient (Wildman–Crippen LogP) is 4.88. The molecule has 1 fully saturated rings. The Bertz CT molecular complexity index is 816. The van der Waals surface area contributed by atoms with E-state index in [1.807, 2.05) is 49.4 Å². The first-order valence-corrected chi connectivity index (χ1v) is 8.29. The largest absolute Gasteiger partial charge is 0.293 e. The number of hydrogen-bond acceptors (Lipinski definition) is 3. The number of carbonyl (C=O) groups excluding carboxylic acids is 2. The second-order valence-corrected chi connectivity index (χ2v) is 6.68. The molecule has 5 heteroatoms. The molecule has 1 heterocycles. The normalized spacial score (nSPS) is 16.4. The van der Waals surface area contributed by atoms with E-state index in [1.54, 1.807) is 12.1 Å². The number of aryl methyl sites for hydroxylation is 1. The van der Waals surface area contributed by atoms with E-state index in [2.05, 4.69) is 0 Å². The van der Waals surface area contributed by atoms with Gasteiger partial charge in [0, 0.05) is 5.02 Å². The van der Waals surface area contributed by atoms with E-state index >= 15 is 0 Å². The van der Waals surface area contributed by atoms with Crippen LogP contribution >= 0.6 is 23.4 Å². The number of halogens is 1. The molecule has 0 saturated carbocycles. The maximum atomic E-state index is 12.5. The molecular weight excluding hydrogens is 330 g/mol. The van der Waals surface area contributed by atoms with Crippen LogP contribution in [0.25, 0.3) is 6.08 Å². The van der Waals surface area contributed by atoms with Crippen molar-refractivity contribution in [3.05, 3.63) is 75.1 Å². The SMILES string of the molecule is Cc1cccc(CN2C(=O)S/C(=C\c3ccccc3Cl)C2=O)c1. The van der Waals surface area contributed by atoms with Crippen LogP contribution in [-0.2, 0) is 11.3 Å². The van der Waals surface area contributed by atoms with Gasteiger partial charge in [-0.25, -0.2) is 0 Å². The Morgan fingerprint density at radius 2 is 1.91 bits per heavy atom. The van der Waals surface area contributed by atoms with Gasteiger partial charge in [-0.3, -0.25) is 14.5 Å². The Balaban J connectivity index is 1.84. The lowest BCUT2D eigenvalue weighted by molar-refractivity contribution is -0.123. The number of nitrogens with zero attached hydrogens (tertiary/aromatic N) is 1. The van der Waals surface area contributed by atoms with Crippen LogP contribution < -0.4 is 0 Å². The second-order valence-electron chi connectivity index (χ2n) is 5.28. The molecule has 0 radical (unpaired) electrons. The van der Waals surface area contributed by atoms with E-state index < -0.39 is 0 Å². The molecule has 0 aromatic heterocycles. The lowest BCUT2D eigenvalue weighted by atomic mass is 10.1. The molecule has 0 N–H and O–H groups in total. The van der Waals surface area contributed by atoms with Crippen molar-refractivity contribution < 1.29 is 9.59 Å². The highest BCUT2D eigenvalue weighted by Crippen LogP contribution is 2.34. The summed E-state index contributed by atoms with van der Waals surface area (Å²) in [6.07, 6.45) is 1.67. The van der Waals surface area contributed by atoms with Gasteiger partial charge >= 0.3 is 0 Å². The van der Waals surface area contributed by atoms with Crippen LogP contribution in [0, 0.1) is 6.92 Å². The first-order valence-electron chi connectivity index (χ1n) is 7.10. The third kappa shape index (κ3) is 3.49. The van der Waals surface area contributed by atoms with Gasteiger partial charge in [0.25, 0.3) is 11.1 Å². The van der Waals surface area contributed by atoms with Crippen molar-refractivity contribution in [2.24, 2.45) is 0 Å². The Labute approximate surface area is 143 Å². The van der Waals surface area contributed by atoms with Gasteiger partial charge < -0.3 is 0 Å². The lowest BCUT2D eigenvalue weighted by Gasteiger charge is -2.12. The van der Waals surface area contributed by atoms with E-state index in [0.717, 1.165) is 28.5 Å². The van der Waals surface area contributed by atoms with Gasteiger partial charge in [0.2, 0.25) is 0 Å². The van der Waals surface area contributed by atoms with Crippen LogP contribution in [0.2, 0.25) is 5.02 Å². The summed E-state index contributed by atoms with van der Waals surface area (Å²) in [5.41, 5.74) is 2.77. The molecule has 0 unspecified atom stereocenters. The van der Waals surface area contributed by atoms with Crippen molar-refractivity contribution in [3.63, 3.8) is 0 Å². The molecule has 23 heavy (non-hydrogen) atoms. The van der Waals surface area contributed by atoms with E-state index in [4.69, 9.17) is 11.6 Å². The van der Waals surface area contributed by atoms with E-state index in [9.17, 15) is 9.59 Å². The summed E-state index contributed by atoms with van der Waals surface area (Å²) in [6.45, 7) is 2.26. The predicted molar refractivity (Wildman–Crippen MR) is 94.1 cm³/mol. The molecule has 0 bridgehead atoms. The zero-order valence-corrected chi connectivity index (χ0v) is 14.0. The fraction of sp³-hybridized carbons (Fsp3) is 0.111. The maximum Gasteiger partial charge on any atom is 0.293 e. The minimum atomic E-state index is -0.276. The summed E-state index contributed by atoms with van der Waals surface area (Å²) < 4.78 is 0. The topological polar surface area (TPSA) is 37.4 Å². The number of imide groups is 1. The average molecular weight is 344 g/mol. The molecule has 0 spiro atoms. The fourth-order valence-corrected chi connectivity index (χ4v) is 3.38. The van der Waals surface area contributed by atoms with Gasteiger partial charge in [0.15, 0.2) is 0 Å². The molecule has 3 nitrogen and oxygen atoms in total. The molecule has 2 amide bonds. The Morgan fingerprint density at radius 1 is 1.13 bits per heavy atom. The van der Waals surface area contributed by atoms with Crippen molar-refractivity contribution in [2.45, 2.75) is 13.5 Å². The summed E-state index contributed by atoms with van der Waals surface area (Å²) in [7, 11) is 0. The molecule has 1 saturated heterocycles. The number of carbonyl (C=O) groups is 2. The van der Waals surface area contributed by atoms with Crippen LogP contribution in [0.1, 0.15) is 16.7 Å². The number of rotatable bonds is 3. The zero-order chi connectivity index (χ0) is 16.4. The van der Waals surface area contributed by atoms with Gasteiger partial charge in [-0.15, -0.1) is 0 Å². The van der Waals surface area contributed by atoms with E-state index in [-0.39, 0.29) is 17.7 Å². The third-order valence-electron chi connectivity index (χ3n) is 3.49. The Morgan fingerprint density at radius 3 is 2.65 bits per heavy atom. The van der Waals surface area contributed by atoms with Gasteiger partial charge in [-0.1, -0.05) is 59.6 Å². The minimum absolute atomic E-state index is 0.255. The summed E-state index contributed by atoms with van der Waals surface area (Å²) in [4.78, 5) is 26.3. The van der Waals surface area contributed by atoms with Crippen LogP contribution in [0.4, 0.5) is 4.79 Å². The van der Waals surface area contributed by atoms with Crippen molar-refractivity contribution >= 4 is 40.6 Å². The Hall–Kier alpha value is -2.04. The molecule has 2 aromatic carbocycles. The number of benzene rings is 2. The number of hydrogen-bond donors (Lipinski definition) is 0. The molecule has 2 aromatic rings. The van der Waals surface area contributed by atoms with Crippen LogP contribution in [0.15, 0.2) is 53.4 Å². The maximum absolute atomic E-state index is 12.5. The molecule has 116 valence electrons. The fourth-order valence-electron chi connectivity index (χ4n) is 2.36. The van der Waals surface area contributed by atoms with Gasteiger partial charge in [-0.05, 0) is 42.0 Å². The molecular formula is C18H14ClNO2S. The summed E-state index contributed by atoms with van der Waals surface area (Å²) >= 11 is 7.06. The molecule has 1 aliphatic heterocycles. The molecule has 3 rings (SSSR count). The number of amides is 2. The smallest absolute Gasteiger partial charge is 0.268 e. The van der Waals surface area contributed by atoms with E-state index in [0.29, 0.717) is 9.93 Å². The van der Waals surface area contributed by atoms with Crippen molar-refractivity contribution in [1.82, 2.24) is 4.90 Å². The van der Waals surface area contributed by atoms with Crippen molar-refractivity contribution in [2.75, 3.05) is 0 Å². The van der Waals surface area contributed by atoms with Crippen LogP contribution in [-0.4, -0.2) is 16.0 Å². The zero-order valence-electron chi connectivity index (χ0n) is 12.5. The molecule has 0 aliphatic carbocycles. The van der Waals surface area contributed by atoms with Crippen molar-refractivity contribution in [3.8, 4) is 0 Å². The molecule has 1 aliphatic rings. The minimum Gasteiger partial charge on any atom is -0.268 e. The highest BCUT2D eigenvalue weighted by Gasteiger charge is 2.35. The summed E-state index contributed by atoms with van der Waals surface area (Å²) in [5.74, 6) is -0.276. The van der Waals surface area contributed by atoms with Crippen LogP contribution in [0.5, 0.6) is 0 Å². The standard InChI is InChI=1S/C18H14ClNO2S/c1-12-5-4-6-13(9-12)11-20-17(21)16(23-18(20)22)10-14-7-2-3-8-15(14)19/h2-10H,11H2,1H3/b16-10-. The average Bonchev–Trinajstić information content (AvgIpc) is 2.77. The number of thioether (sulfide) groups is 1. The van der Waals surface area contributed by atoms with Gasteiger partial charge in [-0.2, -0.15) is 0 Å². The highest BCUT2D eigenvalue weighted by molar-refractivity contribution is 8.18. The summed E-state index contributed by atoms with van der Waals surface area (Å²) in [5, 5.41) is 0.299. The first-order chi connectivity index (χ1) is 11.0. The molecule has 0 atom stereocenters. The second kappa shape index (κ2) is 6.60. The quantitative estimate of drug-likeness (QED) is 0.745. The van der Waals surface area contributed by atoms with Gasteiger partial charge in [0.1, 0.15) is 0 Å². The monoisotopic (exact) mass is 343 g/mol. The lowest BCUT2D eigenvalue weighted by Crippen LogP contribution is -2.27. The highest BCUT2D eigenvalue weighted by atomic mass is 35.5.